The SMILES string of the molecule is C=C(C)[C@@]1(C(=O)O)Cc2cc(Oc3ccc4c(-c5ccc(OC(F)(F)F)cc5)noc4c3)ccc2O1. The number of nitrogens with zero attached hydrogens (tertiary/aromatic N) is 1. The van der Waals surface area contributed by atoms with E-state index in [1.54, 1.807) is 43.3 Å². The van der Waals surface area contributed by atoms with Crippen LogP contribution in [-0.2, 0) is 11.2 Å². The third-order valence-corrected chi connectivity index (χ3v) is 5.83. The van der Waals surface area contributed by atoms with Gasteiger partial charge in [-0.15, -0.1) is 13.2 Å². The molecule has 0 bridgehead atoms. The number of alkyl halides is 3. The summed E-state index contributed by atoms with van der Waals surface area (Å²) in [6.45, 7) is 5.38. The molecular formula is C26H18F3NO6. The van der Waals surface area contributed by atoms with Crippen LogP contribution in [0.2, 0.25) is 0 Å². The summed E-state index contributed by atoms with van der Waals surface area (Å²) >= 11 is 0. The zero-order chi connectivity index (χ0) is 25.7. The Morgan fingerprint density at radius 1 is 1.06 bits per heavy atom. The number of ether oxygens (including phenoxy) is 3. The number of aromatic nitrogens is 1. The van der Waals surface area contributed by atoms with Gasteiger partial charge in [0, 0.05) is 29.0 Å². The van der Waals surface area contributed by atoms with Gasteiger partial charge in [0.2, 0.25) is 5.60 Å². The Balaban J connectivity index is 1.36. The van der Waals surface area contributed by atoms with Gasteiger partial charge in [-0.3, -0.25) is 0 Å². The Morgan fingerprint density at radius 3 is 2.39 bits per heavy atom. The Kier molecular flexibility index (Phi) is 5.39. The fraction of sp³-hybridized carbons (Fsp3) is 0.154. The molecule has 1 aromatic heterocycles. The van der Waals surface area contributed by atoms with Crippen molar-refractivity contribution in [2.24, 2.45) is 0 Å². The average molecular weight is 497 g/mol. The highest BCUT2D eigenvalue weighted by molar-refractivity contribution is 5.92. The van der Waals surface area contributed by atoms with E-state index in [1.807, 2.05) is 0 Å². The first-order chi connectivity index (χ1) is 17.0. The van der Waals surface area contributed by atoms with Crippen molar-refractivity contribution < 1.29 is 41.8 Å². The van der Waals surface area contributed by atoms with Crippen molar-refractivity contribution in [3.8, 4) is 34.3 Å². The predicted octanol–water partition coefficient (Wildman–Crippen LogP) is 6.52. The summed E-state index contributed by atoms with van der Waals surface area (Å²) in [4.78, 5) is 11.8. The van der Waals surface area contributed by atoms with Crippen molar-refractivity contribution in [3.63, 3.8) is 0 Å². The second kappa shape index (κ2) is 8.33. The van der Waals surface area contributed by atoms with Gasteiger partial charge >= 0.3 is 12.3 Å². The first-order valence-electron chi connectivity index (χ1n) is 10.7. The second-order valence-corrected chi connectivity index (χ2v) is 8.32. The molecule has 1 aliphatic rings. The summed E-state index contributed by atoms with van der Waals surface area (Å²) < 4.78 is 58.1. The fourth-order valence-electron chi connectivity index (χ4n) is 4.03. The van der Waals surface area contributed by atoms with Crippen molar-refractivity contribution in [1.82, 2.24) is 5.16 Å². The summed E-state index contributed by atoms with van der Waals surface area (Å²) in [6.07, 6.45) is -4.64. The van der Waals surface area contributed by atoms with E-state index in [0.717, 1.165) is 0 Å². The van der Waals surface area contributed by atoms with Gasteiger partial charge < -0.3 is 23.8 Å². The molecule has 1 aliphatic heterocycles. The maximum Gasteiger partial charge on any atom is 0.573 e. The number of halogens is 3. The van der Waals surface area contributed by atoms with Gasteiger partial charge in [0.15, 0.2) is 5.58 Å². The molecule has 0 unspecified atom stereocenters. The van der Waals surface area contributed by atoms with E-state index in [2.05, 4.69) is 16.5 Å². The third-order valence-electron chi connectivity index (χ3n) is 5.83. The summed E-state index contributed by atoms with van der Waals surface area (Å²) in [5.41, 5.74) is 0.980. The number of benzene rings is 3. The molecule has 0 radical (unpaired) electrons. The van der Waals surface area contributed by atoms with E-state index in [4.69, 9.17) is 14.0 Å². The minimum atomic E-state index is -4.77. The van der Waals surface area contributed by atoms with Gasteiger partial charge in [-0.05, 0) is 67.1 Å². The molecule has 5 rings (SSSR count). The quantitative estimate of drug-likeness (QED) is 0.303. The lowest BCUT2D eigenvalue weighted by molar-refractivity contribution is -0.274. The molecule has 36 heavy (non-hydrogen) atoms. The molecular weight excluding hydrogens is 479 g/mol. The van der Waals surface area contributed by atoms with Gasteiger partial charge in [0.05, 0.1) is 0 Å². The molecule has 1 atom stereocenters. The first-order valence-corrected chi connectivity index (χ1v) is 10.7. The van der Waals surface area contributed by atoms with E-state index >= 15 is 0 Å². The minimum Gasteiger partial charge on any atom is -0.478 e. The van der Waals surface area contributed by atoms with Gasteiger partial charge in [-0.25, -0.2) is 4.79 Å². The highest BCUT2D eigenvalue weighted by Gasteiger charge is 2.47. The smallest absolute Gasteiger partial charge is 0.478 e. The van der Waals surface area contributed by atoms with Crippen LogP contribution in [0.5, 0.6) is 23.0 Å². The average Bonchev–Trinajstić information content (AvgIpc) is 3.40. The summed E-state index contributed by atoms with van der Waals surface area (Å²) in [6, 6.07) is 15.4. The molecule has 0 spiro atoms. The Labute approximate surface area is 202 Å². The molecule has 0 saturated heterocycles. The van der Waals surface area contributed by atoms with Crippen molar-refractivity contribution in [3.05, 3.63) is 78.4 Å². The number of hydrogen-bond acceptors (Lipinski definition) is 6. The van der Waals surface area contributed by atoms with E-state index in [0.29, 0.717) is 50.6 Å². The molecule has 2 heterocycles. The number of carboxylic acids is 1. The highest BCUT2D eigenvalue weighted by atomic mass is 19.4. The lowest BCUT2D eigenvalue weighted by Crippen LogP contribution is -2.44. The van der Waals surface area contributed by atoms with Gasteiger partial charge in [-0.2, -0.15) is 0 Å². The van der Waals surface area contributed by atoms with E-state index < -0.39 is 17.9 Å². The van der Waals surface area contributed by atoms with Crippen LogP contribution in [0.25, 0.3) is 22.2 Å². The molecule has 0 fully saturated rings. The molecule has 4 aromatic rings. The topological polar surface area (TPSA) is 91.0 Å². The Hall–Kier alpha value is -4.47. The maximum absolute atomic E-state index is 12.4. The predicted molar refractivity (Wildman–Crippen MR) is 122 cm³/mol. The molecule has 0 saturated carbocycles. The van der Waals surface area contributed by atoms with Crippen LogP contribution < -0.4 is 14.2 Å². The molecule has 7 nitrogen and oxygen atoms in total. The van der Waals surface area contributed by atoms with E-state index in [9.17, 15) is 23.1 Å². The molecule has 1 N–H and O–H groups in total. The molecule has 184 valence electrons. The van der Waals surface area contributed by atoms with Crippen LogP contribution in [-0.4, -0.2) is 28.2 Å². The van der Waals surface area contributed by atoms with Crippen molar-refractivity contribution in [2.75, 3.05) is 0 Å². The fourth-order valence-corrected chi connectivity index (χ4v) is 4.03. The standard InChI is InChI=1S/C26H18F3NO6/c1-14(2)25(24(31)32)13-16-11-18(8-10-21(16)35-25)33-19-7-9-20-22(12-19)36-30-23(20)15-3-5-17(6-4-15)34-26(27,28)29/h3-12H,1,13H2,2H3,(H,31,32)/t25-/m1/s1. The van der Waals surface area contributed by atoms with Crippen LogP contribution in [0.4, 0.5) is 13.2 Å². The lowest BCUT2D eigenvalue weighted by Gasteiger charge is -2.23. The van der Waals surface area contributed by atoms with Crippen LogP contribution in [0, 0.1) is 0 Å². The third kappa shape index (κ3) is 4.21. The minimum absolute atomic E-state index is 0.126. The number of rotatable bonds is 6. The summed E-state index contributed by atoms with van der Waals surface area (Å²) in [5.74, 6) is -0.0715. The van der Waals surface area contributed by atoms with Crippen LogP contribution in [0.15, 0.2) is 77.3 Å². The van der Waals surface area contributed by atoms with E-state index in [-0.39, 0.29) is 12.2 Å². The lowest BCUT2D eigenvalue weighted by atomic mass is 9.91. The first kappa shape index (κ1) is 23.3. The number of hydrogen-bond donors (Lipinski definition) is 1. The second-order valence-electron chi connectivity index (χ2n) is 8.32. The monoisotopic (exact) mass is 497 g/mol. The highest BCUT2D eigenvalue weighted by Crippen LogP contribution is 2.41. The summed E-state index contributed by atoms with van der Waals surface area (Å²) in [5, 5.41) is 14.4. The zero-order valence-electron chi connectivity index (χ0n) is 18.8. The van der Waals surface area contributed by atoms with Gasteiger partial charge in [-0.1, -0.05) is 11.7 Å². The largest absolute Gasteiger partial charge is 0.573 e. The number of carboxylic acid groups (broad SMARTS) is 1. The Morgan fingerprint density at radius 2 is 1.72 bits per heavy atom. The van der Waals surface area contributed by atoms with Crippen molar-refractivity contribution in [2.45, 2.75) is 25.3 Å². The van der Waals surface area contributed by atoms with Gasteiger partial charge in [0.25, 0.3) is 0 Å². The van der Waals surface area contributed by atoms with Gasteiger partial charge in [0.1, 0.15) is 28.7 Å². The normalized spacial score (nSPS) is 16.9. The van der Waals surface area contributed by atoms with Crippen LogP contribution in [0.1, 0.15) is 12.5 Å². The number of fused-ring (bicyclic) bond motifs is 2. The van der Waals surface area contributed by atoms with Crippen LogP contribution >= 0.6 is 0 Å². The van der Waals surface area contributed by atoms with Crippen molar-refractivity contribution in [1.29, 1.82) is 0 Å². The number of aliphatic carboxylic acids is 1. The molecule has 10 heteroatoms. The number of carbonyl (C=O) groups is 1. The maximum atomic E-state index is 12.4. The Bertz CT molecular complexity index is 1480. The van der Waals surface area contributed by atoms with Crippen LogP contribution in [0.3, 0.4) is 0 Å². The van der Waals surface area contributed by atoms with Crippen molar-refractivity contribution >= 4 is 16.9 Å². The molecule has 0 aliphatic carbocycles. The van der Waals surface area contributed by atoms with E-state index in [1.165, 1.54) is 24.3 Å². The zero-order valence-corrected chi connectivity index (χ0v) is 18.8. The summed E-state index contributed by atoms with van der Waals surface area (Å²) in [7, 11) is 0. The molecule has 3 aromatic carbocycles. The molecule has 0 amide bonds.